The molecule has 2 fully saturated rings. The molecule has 1 N–H and O–H groups in total. The summed E-state index contributed by atoms with van der Waals surface area (Å²) in [6.07, 6.45) is 5.54. The van der Waals surface area contributed by atoms with Gasteiger partial charge in [0, 0.05) is 38.3 Å². The summed E-state index contributed by atoms with van der Waals surface area (Å²) in [7, 11) is 0. The summed E-state index contributed by atoms with van der Waals surface area (Å²) in [6, 6.07) is 7.94. The molecule has 1 saturated carbocycles. The Morgan fingerprint density at radius 2 is 1.66 bits per heavy atom. The van der Waals surface area contributed by atoms with Gasteiger partial charge in [0.25, 0.3) is 5.91 Å². The van der Waals surface area contributed by atoms with Crippen LogP contribution in [0, 0.1) is 11.8 Å². The lowest BCUT2D eigenvalue weighted by Crippen LogP contribution is -2.40. The van der Waals surface area contributed by atoms with Gasteiger partial charge in [0.2, 0.25) is 0 Å². The minimum Gasteiger partial charge on any atom is -0.357 e. The molecule has 0 radical (unpaired) electrons. The van der Waals surface area contributed by atoms with Gasteiger partial charge in [-0.15, -0.1) is 24.0 Å². The van der Waals surface area contributed by atoms with Crippen molar-refractivity contribution in [1.82, 2.24) is 15.1 Å². The number of guanidine groups is 1. The fourth-order valence-electron chi connectivity index (χ4n) is 4.62. The second-order valence-corrected chi connectivity index (χ2v) is 8.05. The summed E-state index contributed by atoms with van der Waals surface area (Å²) in [5.41, 5.74) is 1.90. The van der Waals surface area contributed by atoms with E-state index in [-0.39, 0.29) is 29.9 Å². The van der Waals surface area contributed by atoms with E-state index in [1.165, 1.54) is 25.7 Å². The molecule has 2 aliphatic rings. The Balaban J connectivity index is 0.00000300. The lowest BCUT2D eigenvalue weighted by molar-refractivity contribution is 0.0773. The van der Waals surface area contributed by atoms with E-state index in [0.717, 1.165) is 61.6 Å². The highest BCUT2D eigenvalue weighted by Crippen LogP contribution is 2.36. The van der Waals surface area contributed by atoms with Crippen LogP contribution in [-0.4, -0.2) is 54.4 Å². The van der Waals surface area contributed by atoms with Crippen LogP contribution in [0.1, 0.15) is 62.4 Å². The van der Waals surface area contributed by atoms with Crippen LogP contribution < -0.4 is 5.32 Å². The second-order valence-electron chi connectivity index (χ2n) is 8.05. The Hall–Kier alpha value is -1.31. The number of aliphatic imine (C=N–C) groups is 1. The third-order valence-corrected chi connectivity index (χ3v) is 6.27. The molecule has 3 rings (SSSR count). The minimum atomic E-state index is 0. The SMILES string of the molecule is CCNC(=NCc1ccc(C(=O)N(CC)CC)cc1)N1CC2CCCCC2C1.I. The van der Waals surface area contributed by atoms with E-state index in [4.69, 9.17) is 4.99 Å². The number of amides is 1. The number of carbonyl (C=O) groups is 1. The number of benzene rings is 1. The van der Waals surface area contributed by atoms with E-state index in [2.05, 4.69) is 17.1 Å². The molecule has 0 spiro atoms. The third-order valence-electron chi connectivity index (χ3n) is 6.27. The Kier molecular flexibility index (Phi) is 9.72. The number of nitrogens with zero attached hydrogens (tertiary/aromatic N) is 3. The standard InChI is InChI=1S/C23H36N4O.HI/c1-4-24-23(27-16-20-9-7-8-10-21(20)17-27)25-15-18-11-13-19(14-12-18)22(28)26(5-2)6-3;/h11-14,20-21H,4-10,15-17H2,1-3H3,(H,24,25);1H. The largest absolute Gasteiger partial charge is 0.357 e. The van der Waals surface area contributed by atoms with Crippen LogP contribution in [0.5, 0.6) is 0 Å². The molecule has 0 aromatic heterocycles. The van der Waals surface area contributed by atoms with Crippen molar-refractivity contribution >= 4 is 35.8 Å². The quantitative estimate of drug-likeness (QED) is 0.350. The van der Waals surface area contributed by atoms with Crippen molar-refractivity contribution < 1.29 is 4.79 Å². The van der Waals surface area contributed by atoms with Gasteiger partial charge < -0.3 is 15.1 Å². The molecule has 162 valence electrons. The van der Waals surface area contributed by atoms with Crippen molar-refractivity contribution in [3.8, 4) is 0 Å². The monoisotopic (exact) mass is 512 g/mol. The molecule has 1 amide bonds. The molecule has 2 unspecified atom stereocenters. The van der Waals surface area contributed by atoms with E-state index >= 15 is 0 Å². The first kappa shape index (κ1) is 24.0. The van der Waals surface area contributed by atoms with Gasteiger partial charge in [-0.25, -0.2) is 4.99 Å². The molecular weight excluding hydrogens is 475 g/mol. The van der Waals surface area contributed by atoms with E-state index < -0.39 is 0 Å². The highest BCUT2D eigenvalue weighted by atomic mass is 127. The number of rotatable bonds is 6. The summed E-state index contributed by atoms with van der Waals surface area (Å²) >= 11 is 0. The molecular formula is C23H37IN4O. The minimum absolute atomic E-state index is 0. The van der Waals surface area contributed by atoms with Gasteiger partial charge >= 0.3 is 0 Å². The number of halogens is 1. The molecule has 1 aromatic carbocycles. The zero-order valence-corrected chi connectivity index (χ0v) is 20.5. The number of hydrogen-bond donors (Lipinski definition) is 1. The Bertz CT molecular complexity index is 658. The molecule has 0 bridgehead atoms. The van der Waals surface area contributed by atoms with Gasteiger partial charge in [-0.1, -0.05) is 25.0 Å². The zero-order valence-electron chi connectivity index (χ0n) is 18.2. The van der Waals surface area contributed by atoms with Crippen LogP contribution in [0.25, 0.3) is 0 Å². The zero-order chi connectivity index (χ0) is 19.9. The van der Waals surface area contributed by atoms with Crippen molar-refractivity contribution in [1.29, 1.82) is 0 Å². The van der Waals surface area contributed by atoms with Crippen molar-refractivity contribution in [2.24, 2.45) is 16.8 Å². The van der Waals surface area contributed by atoms with Gasteiger partial charge in [0.05, 0.1) is 6.54 Å². The molecule has 29 heavy (non-hydrogen) atoms. The highest BCUT2D eigenvalue weighted by molar-refractivity contribution is 14.0. The summed E-state index contributed by atoms with van der Waals surface area (Å²) in [5, 5.41) is 3.48. The van der Waals surface area contributed by atoms with Crippen LogP contribution in [-0.2, 0) is 6.54 Å². The average Bonchev–Trinajstić information content (AvgIpc) is 3.16. The fourth-order valence-corrected chi connectivity index (χ4v) is 4.62. The predicted octanol–water partition coefficient (Wildman–Crippen LogP) is 4.37. The van der Waals surface area contributed by atoms with Crippen LogP contribution >= 0.6 is 24.0 Å². The summed E-state index contributed by atoms with van der Waals surface area (Å²) < 4.78 is 0. The van der Waals surface area contributed by atoms with Crippen LogP contribution in [0.2, 0.25) is 0 Å². The van der Waals surface area contributed by atoms with Crippen molar-refractivity contribution in [2.45, 2.75) is 53.0 Å². The first-order valence-corrected chi connectivity index (χ1v) is 11.1. The normalized spacial score (nSPS) is 21.3. The third kappa shape index (κ3) is 6.09. The number of likely N-dealkylation sites (tertiary alicyclic amines) is 1. The molecule has 1 aromatic rings. The van der Waals surface area contributed by atoms with Gasteiger partial charge in [-0.2, -0.15) is 0 Å². The maximum atomic E-state index is 12.4. The van der Waals surface area contributed by atoms with Crippen molar-refractivity contribution in [2.75, 3.05) is 32.7 Å². The van der Waals surface area contributed by atoms with Crippen LogP contribution in [0.15, 0.2) is 29.3 Å². The predicted molar refractivity (Wildman–Crippen MR) is 131 cm³/mol. The molecule has 1 aliphatic carbocycles. The average molecular weight is 512 g/mol. The summed E-state index contributed by atoms with van der Waals surface area (Å²) in [5.74, 6) is 2.85. The van der Waals surface area contributed by atoms with E-state index in [1.54, 1.807) is 0 Å². The Labute approximate surface area is 193 Å². The van der Waals surface area contributed by atoms with Crippen molar-refractivity contribution in [3.63, 3.8) is 0 Å². The first-order valence-electron chi connectivity index (χ1n) is 11.1. The lowest BCUT2D eigenvalue weighted by atomic mass is 9.82. The lowest BCUT2D eigenvalue weighted by Gasteiger charge is -2.22. The second kappa shape index (κ2) is 11.8. The molecule has 2 atom stereocenters. The molecule has 1 saturated heterocycles. The highest BCUT2D eigenvalue weighted by Gasteiger charge is 2.35. The van der Waals surface area contributed by atoms with E-state index in [9.17, 15) is 4.79 Å². The maximum Gasteiger partial charge on any atom is 0.253 e. The Morgan fingerprint density at radius 3 is 2.17 bits per heavy atom. The molecule has 6 heteroatoms. The molecule has 5 nitrogen and oxygen atoms in total. The Morgan fingerprint density at radius 1 is 1.07 bits per heavy atom. The topological polar surface area (TPSA) is 47.9 Å². The van der Waals surface area contributed by atoms with E-state index in [0.29, 0.717) is 6.54 Å². The van der Waals surface area contributed by atoms with Gasteiger partial charge in [0.1, 0.15) is 0 Å². The van der Waals surface area contributed by atoms with E-state index in [1.807, 2.05) is 43.0 Å². The van der Waals surface area contributed by atoms with Crippen LogP contribution in [0.3, 0.4) is 0 Å². The van der Waals surface area contributed by atoms with Crippen LogP contribution in [0.4, 0.5) is 0 Å². The molecule has 1 aliphatic heterocycles. The van der Waals surface area contributed by atoms with Gasteiger partial charge in [-0.3, -0.25) is 4.79 Å². The van der Waals surface area contributed by atoms with Gasteiger partial charge in [-0.05, 0) is 63.1 Å². The first-order chi connectivity index (χ1) is 13.7. The number of hydrogen-bond acceptors (Lipinski definition) is 2. The molecule has 1 heterocycles. The van der Waals surface area contributed by atoms with Crippen molar-refractivity contribution in [3.05, 3.63) is 35.4 Å². The number of carbonyl (C=O) groups excluding carboxylic acids is 1. The smallest absolute Gasteiger partial charge is 0.253 e. The maximum absolute atomic E-state index is 12.4. The summed E-state index contributed by atoms with van der Waals surface area (Å²) in [4.78, 5) is 21.7. The fraction of sp³-hybridized carbons (Fsp3) is 0.652. The van der Waals surface area contributed by atoms with Gasteiger partial charge in [0.15, 0.2) is 5.96 Å². The number of fused-ring (bicyclic) bond motifs is 1. The number of nitrogens with one attached hydrogen (secondary N) is 1. The summed E-state index contributed by atoms with van der Waals surface area (Å²) in [6.45, 7) is 11.5.